The van der Waals surface area contributed by atoms with Gasteiger partial charge in [-0.1, -0.05) is 32.6 Å². The molecule has 0 atom stereocenters. The monoisotopic (exact) mass is 168 g/mol. The summed E-state index contributed by atoms with van der Waals surface area (Å²) >= 11 is 0. The van der Waals surface area contributed by atoms with Crippen molar-refractivity contribution < 1.29 is 4.74 Å². The van der Waals surface area contributed by atoms with Crippen LogP contribution in [0.5, 0.6) is 0 Å². The lowest BCUT2D eigenvalue weighted by atomic mass is 10.4. The molecular formula is C11H20O. The Morgan fingerprint density at radius 2 is 2.00 bits per heavy atom. The van der Waals surface area contributed by atoms with E-state index in [1.54, 1.807) is 6.08 Å². The third kappa shape index (κ3) is 9.02. The average molecular weight is 168 g/mol. The highest BCUT2D eigenvalue weighted by molar-refractivity contribution is 5.16. The summed E-state index contributed by atoms with van der Waals surface area (Å²) in [4.78, 5) is 0. The van der Waals surface area contributed by atoms with Gasteiger partial charge in [-0.3, -0.25) is 0 Å². The second-order valence-corrected chi connectivity index (χ2v) is 1.74. The fraction of sp³-hybridized carbons (Fsp3) is 0.455. The van der Waals surface area contributed by atoms with Crippen LogP contribution >= 0.6 is 0 Å². The summed E-state index contributed by atoms with van der Waals surface area (Å²) in [5.41, 5.74) is 0. The highest BCUT2D eigenvalue weighted by Gasteiger charge is 1.85. The highest BCUT2D eigenvalue weighted by atomic mass is 16.5. The molecule has 0 bridgehead atoms. The van der Waals surface area contributed by atoms with Crippen LogP contribution in [0.1, 0.15) is 27.7 Å². The van der Waals surface area contributed by atoms with Crippen molar-refractivity contribution in [1.29, 1.82) is 0 Å². The molecule has 0 aromatic rings. The van der Waals surface area contributed by atoms with E-state index in [1.807, 2.05) is 45.9 Å². The molecule has 0 aliphatic carbocycles. The maximum absolute atomic E-state index is 5.23. The molecule has 0 aromatic heterocycles. The van der Waals surface area contributed by atoms with Crippen LogP contribution in [0.4, 0.5) is 0 Å². The zero-order chi connectivity index (χ0) is 9.82. The van der Waals surface area contributed by atoms with E-state index < -0.39 is 0 Å². The molecule has 0 spiro atoms. The van der Waals surface area contributed by atoms with Crippen LogP contribution < -0.4 is 0 Å². The molecule has 0 unspecified atom stereocenters. The van der Waals surface area contributed by atoms with E-state index in [1.165, 1.54) is 0 Å². The van der Waals surface area contributed by atoms with Crippen molar-refractivity contribution in [3.8, 4) is 0 Å². The fourth-order valence-corrected chi connectivity index (χ4v) is 0.599. The van der Waals surface area contributed by atoms with Crippen LogP contribution in [0.2, 0.25) is 0 Å². The predicted octanol–water partition coefficient (Wildman–Crippen LogP) is 3.70. The second kappa shape index (κ2) is 12.7. The Hall–Kier alpha value is -0.980. The lowest BCUT2D eigenvalue weighted by molar-refractivity contribution is 0.242. The third-order valence-electron chi connectivity index (χ3n) is 0.924. The molecule has 0 fully saturated rings. The van der Waals surface area contributed by atoms with Crippen molar-refractivity contribution in [3.05, 3.63) is 36.6 Å². The van der Waals surface area contributed by atoms with Crippen LogP contribution in [0, 0.1) is 0 Å². The molecule has 0 N–H and O–H groups in total. The van der Waals surface area contributed by atoms with Crippen LogP contribution in [0.25, 0.3) is 0 Å². The van der Waals surface area contributed by atoms with Gasteiger partial charge in [-0.2, -0.15) is 0 Å². The van der Waals surface area contributed by atoms with Gasteiger partial charge in [0.1, 0.15) is 5.76 Å². The molecule has 0 radical (unpaired) electrons. The quantitative estimate of drug-likeness (QED) is 0.459. The smallest absolute Gasteiger partial charge is 0.118 e. The largest absolute Gasteiger partial charge is 0.494 e. The lowest BCUT2D eigenvalue weighted by Gasteiger charge is -2.00. The van der Waals surface area contributed by atoms with Crippen molar-refractivity contribution in [2.24, 2.45) is 0 Å². The Kier molecular flexibility index (Phi) is 14.4. The number of rotatable bonds is 4. The Balaban J connectivity index is 0. The van der Waals surface area contributed by atoms with Gasteiger partial charge in [-0.05, 0) is 26.0 Å². The summed E-state index contributed by atoms with van der Waals surface area (Å²) in [5, 5.41) is 0. The first kappa shape index (κ1) is 13.6. The molecule has 0 aromatic carbocycles. The zero-order valence-electron chi connectivity index (χ0n) is 8.63. The van der Waals surface area contributed by atoms with E-state index in [9.17, 15) is 0 Å². The van der Waals surface area contributed by atoms with Crippen molar-refractivity contribution >= 4 is 0 Å². The minimum Gasteiger partial charge on any atom is -0.494 e. The normalized spacial score (nSPS) is 10.5. The Labute approximate surface area is 76.4 Å². The number of allylic oxidation sites excluding steroid dienone is 4. The Bertz CT molecular complexity index is 143. The van der Waals surface area contributed by atoms with Gasteiger partial charge < -0.3 is 4.74 Å². The second-order valence-electron chi connectivity index (χ2n) is 1.74. The van der Waals surface area contributed by atoms with Gasteiger partial charge in [0.25, 0.3) is 0 Å². The molecule has 12 heavy (non-hydrogen) atoms. The molecule has 0 rings (SSSR count). The van der Waals surface area contributed by atoms with Gasteiger partial charge >= 0.3 is 0 Å². The summed E-state index contributed by atoms with van der Waals surface area (Å²) in [5.74, 6) is 0.861. The van der Waals surface area contributed by atoms with Gasteiger partial charge in [0.05, 0.1) is 6.61 Å². The van der Waals surface area contributed by atoms with E-state index in [0.29, 0.717) is 6.61 Å². The van der Waals surface area contributed by atoms with E-state index in [-0.39, 0.29) is 0 Å². The predicted molar refractivity (Wildman–Crippen MR) is 56.1 cm³/mol. The van der Waals surface area contributed by atoms with Crippen molar-refractivity contribution in [1.82, 2.24) is 0 Å². The summed E-state index contributed by atoms with van der Waals surface area (Å²) in [7, 11) is 0. The molecule has 1 heteroatoms. The van der Waals surface area contributed by atoms with Crippen LogP contribution in [-0.2, 0) is 4.74 Å². The van der Waals surface area contributed by atoms with E-state index in [4.69, 9.17) is 4.74 Å². The number of ether oxygens (including phenoxy) is 1. The van der Waals surface area contributed by atoms with Crippen molar-refractivity contribution in [3.63, 3.8) is 0 Å². The molecule has 0 saturated heterocycles. The maximum Gasteiger partial charge on any atom is 0.118 e. The van der Waals surface area contributed by atoms with Gasteiger partial charge in [0.2, 0.25) is 0 Å². The van der Waals surface area contributed by atoms with Crippen LogP contribution in [0.3, 0.4) is 0 Å². The molecule has 1 nitrogen and oxygen atoms in total. The zero-order valence-corrected chi connectivity index (χ0v) is 8.63. The summed E-state index contributed by atoms with van der Waals surface area (Å²) in [6.07, 6.45) is 7.39. The number of hydrogen-bond donors (Lipinski definition) is 0. The molecule has 70 valence electrons. The lowest BCUT2D eigenvalue weighted by Crippen LogP contribution is -1.86. The van der Waals surface area contributed by atoms with Crippen molar-refractivity contribution in [2.75, 3.05) is 6.61 Å². The highest BCUT2D eigenvalue weighted by Crippen LogP contribution is 1.98. The van der Waals surface area contributed by atoms with Gasteiger partial charge in [0.15, 0.2) is 0 Å². The first-order chi connectivity index (χ1) is 5.85. The fourth-order valence-electron chi connectivity index (χ4n) is 0.599. The Morgan fingerprint density at radius 3 is 2.33 bits per heavy atom. The molecular weight excluding hydrogens is 148 g/mol. The van der Waals surface area contributed by atoms with E-state index >= 15 is 0 Å². The third-order valence-corrected chi connectivity index (χ3v) is 0.924. The summed E-state index contributed by atoms with van der Waals surface area (Å²) < 4.78 is 5.23. The first-order valence-corrected chi connectivity index (χ1v) is 4.43. The van der Waals surface area contributed by atoms with E-state index in [0.717, 1.165) is 5.76 Å². The minimum absolute atomic E-state index is 0.698. The van der Waals surface area contributed by atoms with Gasteiger partial charge in [-0.15, -0.1) is 0 Å². The molecule has 0 aliphatic heterocycles. The molecule has 0 saturated carbocycles. The van der Waals surface area contributed by atoms with Crippen LogP contribution in [0.15, 0.2) is 36.6 Å². The topological polar surface area (TPSA) is 9.23 Å². The summed E-state index contributed by atoms with van der Waals surface area (Å²) in [6.45, 7) is 12.2. The van der Waals surface area contributed by atoms with Gasteiger partial charge in [0, 0.05) is 0 Å². The summed E-state index contributed by atoms with van der Waals surface area (Å²) in [6, 6.07) is 0. The minimum atomic E-state index is 0.698. The van der Waals surface area contributed by atoms with Crippen molar-refractivity contribution in [2.45, 2.75) is 27.7 Å². The standard InChI is InChI=1S/C9H14O.C2H6/c1-4-7-9(8-5-2)10-6-3;1-2/h4-5,7-8H,1,6H2,2-3H3;1-2H3/b8-5-,9-7+;. The first-order valence-electron chi connectivity index (χ1n) is 4.43. The van der Waals surface area contributed by atoms with Gasteiger partial charge in [-0.25, -0.2) is 0 Å². The van der Waals surface area contributed by atoms with Crippen LogP contribution in [-0.4, -0.2) is 6.61 Å². The molecule has 0 aliphatic rings. The Morgan fingerprint density at radius 1 is 1.42 bits per heavy atom. The SMILES string of the molecule is C=C/C=C(\C=C/C)OCC.CC. The van der Waals surface area contributed by atoms with E-state index in [2.05, 4.69) is 6.58 Å². The molecule has 0 heterocycles. The maximum atomic E-state index is 5.23. The molecule has 0 amide bonds. The number of hydrogen-bond acceptors (Lipinski definition) is 1. The average Bonchev–Trinajstić information content (AvgIpc) is 2.10.